The van der Waals surface area contributed by atoms with Crippen LogP contribution in [0.4, 0.5) is 5.69 Å². The maximum atomic E-state index is 12.8. The number of benzene rings is 2. The Labute approximate surface area is 161 Å². The van der Waals surface area contributed by atoms with Crippen LogP contribution < -0.4 is 19.5 Å². The van der Waals surface area contributed by atoms with Gasteiger partial charge in [-0.05, 0) is 35.9 Å². The van der Waals surface area contributed by atoms with E-state index in [1.165, 1.54) is 25.3 Å². The molecule has 0 saturated heterocycles. The van der Waals surface area contributed by atoms with Crippen LogP contribution in [0.5, 0.6) is 11.5 Å². The first-order valence-electron chi connectivity index (χ1n) is 8.23. The molecule has 1 aliphatic heterocycles. The highest BCUT2D eigenvalue weighted by atomic mass is 32.2. The number of methoxy groups -OCH3 is 1. The molecular formula is C18H18N2O7S. The second-order valence-corrected chi connectivity index (χ2v) is 7.75. The summed E-state index contributed by atoms with van der Waals surface area (Å²) in [6.45, 7) is -0.143. The fraction of sp³-hybridized carbons (Fsp3) is 0.222. The monoisotopic (exact) mass is 406 g/mol. The summed E-state index contributed by atoms with van der Waals surface area (Å²) in [5.74, 6) is -0.631. The van der Waals surface area contributed by atoms with Crippen molar-refractivity contribution < 1.29 is 32.6 Å². The van der Waals surface area contributed by atoms with E-state index in [9.17, 15) is 23.1 Å². The molecule has 0 saturated carbocycles. The van der Waals surface area contributed by atoms with Gasteiger partial charge in [0.05, 0.1) is 30.2 Å². The molecule has 1 amide bonds. The van der Waals surface area contributed by atoms with E-state index in [2.05, 4.69) is 10.0 Å². The van der Waals surface area contributed by atoms with Crippen molar-refractivity contribution in [1.82, 2.24) is 4.72 Å². The number of hydrogen-bond donors (Lipinski definition) is 3. The van der Waals surface area contributed by atoms with E-state index in [1.807, 2.05) is 0 Å². The highest BCUT2D eigenvalue weighted by Crippen LogP contribution is 2.31. The molecule has 148 valence electrons. The summed E-state index contributed by atoms with van der Waals surface area (Å²) >= 11 is 0. The Morgan fingerprint density at radius 1 is 1.29 bits per heavy atom. The fourth-order valence-corrected chi connectivity index (χ4v) is 3.97. The summed E-state index contributed by atoms with van der Waals surface area (Å²) in [7, 11) is -2.58. The summed E-state index contributed by atoms with van der Waals surface area (Å²) in [5, 5.41) is 11.7. The second-order valence-electron chi connectivity index (χ2n) is 6.04. The summed E-state index contributed by atoms with van der Waals surface area (Å²) in [4.78, 5) is 22.6. The molecule has 0 unspecified atom stereocenters. The molecule has 0 radical (unpaired) electrons. The summed E-state index contributed by atoms with van der Waals surface area (Å²) < 4.78 is 38.3. The third kappa shape index (κ3) is 4.41. The third-order valence-corrected chi connectivity index (χ3v) is 5.56. The predicted molar refractivity (Wildman–Crippen MR) is 98.9 cm³/mol. The molecule has 2 aromatic carbocycles. The van der Waals surface area contributed by atoms with Gasteiger partial charge in [-0.3, -0.25) is 9.59 Å². The van der Waals surface area contributed by atoms with Crippen molar-refractivity contribution in [1.29, 1.82) is 0 Å². The van der Waals surface area contributed by atoms with Crippen LogP contribution in [0.3, 0.4) is 0 Å². The first-order chi connectivity index (χ1) is 13.3. The van der Waals surface area contributed by atoms with E-state index < -0.39 is 34.4 Å². The number of carbonyl (C=O) groups is 2. The Kier molecular flexibility index (Phi) is 5.52. The molecule has 3 N–H and O–H groups in total. The summed E-state index contributed by atoms with van der Waals surface area (Å²) in [6.07, 6.45) is -0.448. The first kappa shape index (κ1) is 19.6. The van der Waals surface area contributed by atoms with Crippen molar-refractivity contribution >= 4 is 27.6 Å². The van der Waals surface area contributed by atoms with E-state index in [4.69, 9.17) is 9.47 Å². The molecule has 2 aromatic rings. The first-order valence-corrected chi connectivity index (χ1v) is 9.71. The molecule has 28 heavy (non-hydrogen) atoms. The Hall–Kier alpha value is -3.11. The maximum Gasteiger partial charge on any atom is 0.305 e. The maximum absolute atomic E-state index is 12.8. The van der Waals surface area contributed by atoms with E-state index in [0.29, 0.717) is 17.1 Å². The number of carboxylic acid groups (broad SMARTS) is 1. The number of nitrogens with one attached hydrogen (secondary N) is 2. The third-order valence-electron chi connectivity index (χ3n) is 4.09. The number of aliphatic carboxylic acids is 1. The minimum Gasteiger partial charge on any atom is -0.497 e. The molecule has 3 rings (SSSR count). The number of hydrogen-bond acceptors (Lipinski definition) is 6. The Morgan fingerprint density at radius 3 is 2.64 bits per heavy atom. The predicted octanol–water partition coefficient (Wildman–Crippen LogP) is 1.52. The Morgan fingerprint density at radius 2 is 2.00 bits per heavy atom. The minimum atomic E-state index is -4.07. The molecular weight excluding hydrogens is 388 g/mol. The van der Waals surface area contributed by atoms with Gasteiger partial charge in [-0.2, -0.15) is 0 Å². The van der Waals surface area contributed by atoms with Gasteiger partial charge in [-0.1, -0.05) is 12.1 Å². The van der Waals surface area contributed by atoms with E-state index in [0.717, 1.165) is 0 Å². The summed E-state index contributed by atoms with van der Waals surface area (Å²) in [5.41, 5.74) is 0.708. The van der Waals surface area contributed by atoms with Crippen molar-refractivity contribution in [2.24, 2.45) is 0 Å². The quantitative estimate of drug-likeness (QED) is 0.635. The van der Waals surface area contributed by atoms with E-state index >= 15 is 0 Å². The van der Waals surface area contributed by atoms with Crippen molar-refractivity contribution in [2.45, 2.75) is 17.4 Å². The molecule has 1 aliphatic rings. The number of carboxylic acids is 1. The highest BCUT2D eigenvalue weighted by Gasteiger charge is 2.26. The highest BCUT2D eigenvalue weighted by molar-refractivity contribution is 7.89. The molecule has 0 bridgehead atoms. The molecule has 0 aromatic heterocycles. The molecule has 9 nitrogen and oxygen atoms in total. The standard InChI is InChI=1S/C18H18N2O7S/c1-26-12-4-2-11(3-5-12)14(9-18(22)23)20-28(24,25)13-6-7-16-15(8-13)19-17(21)10-27-16/h2-8,14,20H,9-10H2,1H3,(H,19,21)(H,22,23)/t14-/m0/s1. The lowest BCUT2D eigenvalue weighted by Crippen LogP contribution is -2.31. The number of rotatable bonds is 7. The molecule has 0 fully saturated rings. The summed E-state index contributed by atoms with van der Waals surface area (Å²) in [6, 6.07) is 9.45. The van der Waals surface area contributed by atoms with Crippen molar-refractivity contribution in [3.05, 3.63) is 48.0 Å². The van der Waals surface area contributed by atoms with Crippen LogP contribution in [-0.4, -0.2) is 39.1 Å². The topological polar surface area (TPSA) is 131 Å². The van der Waals surface area contributed by atoms with Gasteiger partial charge in [0, 0.05) is 0 Å². The SMILES string of the molecule is COc1ccc([C@H](CC(=O)O)NS(=O)(=O)c2ccc3c(c2)NC(=O)CO3)cc1. The number of anilines is 1. The molecule has 10 heteroatoms. The van der Waals surface area contributed by atoms with Crippen molar-refractivity contribution in [3.63, 3.8) is 0 Å². The molecule has 1 atom stereocenters. The van der Waals surface area contributed by atoms with Gasteiger partial charge >= 0.3 is 5.97 Å². The molecule has 0 aliphatic carbocycles. The number of sulfonamides is 1. The molecule has 0 spiro atoms. The minimum absolute atomic E-state index is 0.124. The smallest absolute Gasteiger partial charge is 0.305 e. The normalized spacial score (nSPS) is 14.4. The zero-order chi connectivity index (χ0) is 20.3. The zero-order valence-electron chi connectivity index (χ0n) is 14.8. The van der Waals surface area contributed by atoms with Gasteiger partial charge in [0.1, 0.15) is 11.5 Å². The van der Waals surface area contributed by atoms with E-state index in [-0.39, 0.29) is 17.2 Å². The lowest BCUT2D eigenvalue weighted by atomic mass is 10.0. The number of ether oxygens (including phenoxy) is 2. The van der Waals surface area contributed by atoms with Gasteiger partial charge in [0.25, 0.3) is 5.91 Å². The lowest BCUT2D eigenvalue weighted by molar-refractivity contribution is -0.137. The number of amides is 1. The van der Waals surface area contributed by atoms with Crippen LogP contribution in [0.1, 0.15) is 18.0 Å². The second kappa shape index (κ2) is 7.87. The van der Waals surface area contributed by atoms with Crippen LogP contribution >= 0.6 is 0 Å². The fourth-order valence-electron chi connectivity index (χ4n) is 2.72. The Balaban J connectivity index is 1.89. The average Bonchev–Trinajstić information content (AvgIpc) is 2.66. The zero-order valence-corrected chi connectivity index (χ0v) is 15.7. The van der Waals surface area contributed by atoms with Gasteiger partial charge in [0.2, 0.25) is 10.0 Å². The van der Waals surface area contributed by atoms with Gasteiger partial charge < -0.3 is 19.9 Å². The number of fused-ring (bicyclic) bond motifs is 1. The van der Waals surface area contributed by atoms with Crippen LogP contribution in [0.25, 0.3) is 0 Å². The van der Waals surface area contributed by atoms with E-state index in [1.54, 1.807) is 24.3 Å². The largest absolute Gasteiger partial charge is 0.497 e. The van der Waals surface area contributed by atoms with Gasteiger partial charge in [-0.25, -0.2) is 13.1 Å². The van der Waals surface area contributed by atoms with Gasteiger partial charge in [0.15, 0.2) is 6.61 Å². The van der Waals surface area contributed by atoms with Crippen molar-refractivity contribution in [3.8, 4) is 11.5 Å². The molecule has 1 heterocycles. The number of carbonyl (C=O) groups excluding carboxylic acids is 1. The van der Waals surface area contributed by atoms with Crippen LogP contribution in [0, 0.1) is 0 Å². The lowest BCUT2D eigenvalue weighted by Gasteiger charge is -2.20. The van der Waals surface area contributed by atoms with Crippen LogP contribution in [-0.2, 0) is 19.6 Å². The van der Waals surface area contributed by atoms with Crippen molar-refractivity contribution in [2.75, 3.05) is 19.0 Å². The average molecular weight is 406 g/mol. The van der Waals surface area contributed by atoms with Crippen LogP contribution in [0.15, 0.2) is 47.4 Å². The van der Waals surface area contributed by atoms with Gasteiger partial charge in [-0.15, -0.1) is 0 Å². The Bertz CT molecular complexity index is 1000. The van der Waals surface area contributed by atoms with Crippen LogP contribution in [0.2, 0.25) is 0 Å².